The summed E-state index contributed by atoms with van der Waals surface area (Å²) >= 11 is 0. The number of nitrogens with zero attached hydrogens (tertiary/aromatic N) is 2. The number of carbonyl (C=O) groups excluding carboxylic acids is 2. The van der Waals surface area contributed by atoms with Crippen LogP contribution in [0.4, 0.5) is 0 Å². The van der Waals surface area contributed by atoms with Gasteiger partial charge in [-0.3, -0.25) is 14.5 Å². The van der Waals surface area contributed by atoms with E-state index in [1.165, 1.54) is 5.56 Å². The molecule has 145 valence electrons. The number of benzene rings is 1. The first kappa shape index (κ1) is 18.4. The molecule has 0 bridgehead atoms. The van der Waals surface area contributed by atoms with E-state index in [2.05, 4.69) is 28.8 Å². The molecular formula is C21H29N4O2. The molecule has 3 aliphatic heterocycles. The highest BCUT2D eigenvalue weighted by Crippen LogP contribution is 2.37. The van der Waals surface area contributed by atoms with E-state index in [9.17, 15) is 9.59 Å². The van der Waals surface area contributed by atoms with Crippen molar-refractivity contribution in [2.24, 2.45) is 17.6 Å². The zero-order valence-electron chi connectivity index (χ0n) is 15.7. The van der Waals surface area contributed by atoms with Crippen molar-refractivity contribution in [3.63, 3.8) is 0 Å². The highest BCUT2D eigenvalue weighted by molar-refractivity contribution is 5.84. The van der Waals surface area contributed by atoms with Crippen molar-refractivity contribution in [1.29, 1.82) is 0 Å². The Morgan fingerprint density at radius 2 is 2.00 bits per heavy atom. The average Bonchev–Trinajstić information content (AvgIpc) is 3.37. The molecule has 6 heteroatoms. The number of hydrogen-bond acceptors (Lipinski definition) is 4. The van der Waals surface area contributed by atoms with Gasteiger partial charge in [0.15, 0.2) is 0 Å². The Labute approximate surface area is 161 Å². The fraction of sp³-hybridized carbons (Fsp3) is 0.571. The van der Waals surface area contributed by atoms with Gasteiger partial charge in [-0.1, -0.05) is 30.3 Å². The molecule has 1 aromatic rings. The van der Waals surface area contributed by atoms with E-state index in [0.29, 0.717) is 12.5 Å². The standard InChI is InChI=1S/C21H29N4O2/c22-20(26)19-17-14-25(21(27)18-9-4-10-23-18)13-16(17)12-24(19)11-5-8-15-6-2-1-3-7-15/h1-3,6-8,16-19,23H,4-5,9-14H2,(H2,22,26)/t16?,17-,18+,19?/m1/s1. The molecule has 1 aromatic carbocycles. The van der Waals surface area contributed by atoms with E-state index in [1.54, 1.807) is 0 Å². The Kier molecular flexibility index (Phi) is 5.45. The minimum absolute atomic E-state index is 0.0348. The molecule has 4 atom stereocenters. The third kappa shape index (κ3) is 3.87. The summed E-state index contributed by atoms with van der Waals surface area (Å²) in [5, 5.41) is 3.29. The number of nitrogens with one attached hydrogen (secondary N) is 1. The van der Waals surface area contributed by atoms with Crippen LogP contribution < -0.4 is 11.1 Å². The number of hydrogen-bond donors (Lipinski definition) is 2. The van der Waals surface area contributed by atoms with Crippen LogP contribution in [0.3, 0.4) is 0 Å². The normalized spacial score (nSPS) is 30.6. The molecule has 0 aromatic heterocycles. The zero-order valence-corrected chi connectivity index (χ0v) is 15.7. The first-order valence-corrected chi connectivity index (χ1v) is 10.1. The maximum atomic E-state index is 12.7. The van der Waals surface area contributed by atoms with E-state index >= 15 is 0 Å². The van der Waals surface area contributed by atoms with Crippen molar-refractivity contribution in [3.05, 3.63) is 42.3 Å². The summed E-state index contributed by atoms with van der Waals surface area (Å²) in [7, 11) is 0. The lowest BCUT2D eigenvalue weighted by Gasteiger charge is -2.28. The first-order chi connectivity index (χ1) is 13.1. The first-order valence-electron chi connectivity index (χ1n) is 10.1. The van der Waals surface area contributed by atoms with Crippen LogP contribution in [0.2, 0.25) is 0 Å². The van der Waals surface area contributed by atoms with E-state index in [0.717, 1.165) is 45.4 Å². The van der Waals surface area contributed by atoms with Gasteiger partial charge in [0.1, 0.15) is 0 Å². The molecule has 2 unspecified atom stereocenters. The number of amides is 2. The molecule has 27 heavy (non-hydrogen) atoms. The fourth-order valence-electron chi connectivity index (χ4n) is 5.04. The van der Waals surface area contributed by atoms with Crippen molar-refractivity contribution in [3.8, 4) is 0 Å². The quantitative estimate of drug-likeness (QED) is 0.771. The molecule has 2 amide bonds. The molecule has 3 aliphatic rings. The minimum atomic E-state index is -0.256. The van der Waals surface area contributed by atoms with Gasteiger partial charge >= 0.3 is 0 Å². The smallest absolute Gasteiger partial charge is 0.239 e. The molecule has 4 rings (SSSR count). The van der Waals surface area contributed by atoms with Crippen LogP contribution in [0.5, 0.6) is 0 Å². The van der Waals surface area contributed by atoms with E-state index in [-0.39, 0.29) is 29.8 Å². The lowest BCUT2D eigenvalue weighted by molar-refractivity contribution is -0.133. The average molecular weight is 369 g/mol. The van der Waals surface area contributed by atoms with E-state index < -0.39 is 0 Å². The number of carbonyl (C=O) groups is 2. The molecular weight excluding hydrogens is 340 g/mol. The summed E-state index contributed by atoms with van der Waals surface area (Å²) in [6.45, 7) is 4.02. The van der Waals surface area contributed by atoms with Gasteiger partial charge < -0.3 is 16.0 Å². The SMILES string of the molecule is NC(=O)C1[C@@H]2CN(C(=O)[C@@H]3CCCN3)CC2CN1CC[CH]c1ccccc1. The van der Waals surface area contributed by atoms with Gasteiger partial charge in [-0.25, -0.2) is 0 Å². The largest absolute Gasteiger partial charge is 0.368 e. The third-order valence-electron chi connectivity index (χ3n) is 6.32. The molecule has 3 saturated heterocycles. The lowest BCUT2D eigenvalue weighted by Crippen LogP contribution is -2.48. The van der Waals surface area contributed by atoms with Crippen LogP contribution in [0.25, 0.3) is 0 Å². The molecule has 3 fully saturated rings. The number of nitrogens with two attached hydrogens (primary N) is 1. The Morgan fingerprint density at radius 3 is 2.70 bits per heavy atom. The van der Waals surface area contributed by atoms with Crippen molar-refractivity contribution in [2.45, 2.75) is 31.3 Å². The predicted octanol–water partition coefficient (Wildman–Crippen LogP) is 0.625. The van der Waals surface area contributed by atoms with Gasteiger partial charge in [-0.2, -0.15) is 0 Å². The van der Waals surface area contributed by atoms with E-state index in [1.807, 2.05) is 23.1 Å². The fourth-order valence-corrected chi connectivity index (χ4v) is 5.04. The molecule has 1 radical (unpaired) electrons. The zero-order chi connectivity index (χ0) is 18.8. The Bertz CT molecular complexity index is 674. The maximum absolute atomic E-state index is 12.7. The Hall–Kier alpha value is -1.92. The minimum Gasteiger partial charge on any atom is -0.368 e. The lowest BCUT2D eigenvalue weighted by atomic mass is 9.94. The van der Waals surface area contributed by atoms with Crippen molar-refractivity contribution in [1.82, 2.24) is 15.1 Å². The van der Waals surface area contributed by atoms with Gasteiger partial charge in [-0.15, -0.1) is 0 Å². The summed E-state index contributed by atoms with van der Waals surface area (Å²) in [5.41, 5.74) is 6.97. The van der Waals surface area contributed by atoms with Crippen molar-refractivity contribution < 1.29 is 9.59 Å². The van der Waals surface area contributed by atoms with Gasteiger partial charge in [0.05, 0.1) is 12.1 Å². The molecule has 0 aliphatic carbocycles. The highest BCUT2D eigenvalue weighted by Gasteiger charge is 2.50. The van der Waals surface area contributed by atoms with E-state index in [4.69, 9.17) is 5.73 Å². The van der Waals surface area contributed by atoms with Crippen LogP contribution in [0.15, 0.2) is 30.3 Å². The second-order valence-electron chi connectivity index (χ2n) is 8.06. The van der Waals surface area contributed by atoms with Crippen molar-refractivity contribution in [2.75, 3.05) is 32.7 Å². The van der Waals surface area contributed by atoms with Gasteiger partial charge in [0.25, 0.3) is 0 Å². The highest BCUT2D eigenvalue weighted by atomic mass is 16.2. The van der Waals surface area contributed by atoms with Gasteiger partial charge in [0.2, 0.25) is 11.8 Å². The van der Waals surface area contributed by atoms with Gasteiger partial charge in [-0.05, 0) is 50.3 Å². The van der Waals surface area contributed by atoms with Gasteiger partial charge in [0, 0.05) is 25.6 Å². The summed E-state index contributed by atoms with van der Waals surface area (Å²) in [4.78, 5) is 29.1. The van der Waals surface area contributed by atoms with Crippen LogP contribution >= 0.6 is 0 Å². The Morgan fingerprint density at radius 1 is 1.19 bits per heavy atom. The molecule has 3 heterocycles. The Balaban J connectivity index is 1.34. The molecule has 0 saturated carbocycles. The summed E-state index contributed by atoms with van der Waals surface area (Å²) in [6.07, 6.45) is 5.08. The number of fused-ring (bicyclic) bond motifs is 1. The summed E-state index contributed by atoms with van der Waals surface area (Å²) < 4.78 is 0. The summed E-state index contributed by atoms with van der Waals surface area (Å²) in [5.74, 6) is 0.471. The monoisotopic (exact) mass is 369 g/mol. The molecule has 0 spiro atoms. The van der Waals surface area contributed by atoms with Crippen molar-refractivity contribution >= 4 is 11.8 Å². The second kappa shape index (κ2) is 7.98. The predicted molar refractivity (Wildman–Crippen MR) is 104 cm³/mol. The molecule has 6 nitrogen and oxygen atoms in total. The summed E-state index contributed by atoms with van der Waals surface area (Å²) in [6, 6.07) is 9.96. The van der Waals surface area contributed by atoms with Crippen LogP contribution in [0, 0.1) is 18.3 Å². The topological polar surface area (TPSA) is 78.7 Å². The maximum Gasteiger partial charge on any atom is 0.239 e. The number of likely N-dealkylation sites (tertiary alicyclic amines) is 2. The third-order valence-corrected chi connectivity index (χ3v) is 6.32. The second-order valence-corrected chi connectivity index (χ2v) is 8.06. The number of primary amides is 1. The molecule has 3 N–H and O–H groups in total. The van der Waals surface area contributed by atoms with Crippen LogP contribution in [-0.2, 0) is 9.59 Å². The number of rotatable bonds is 6. The van der Waals surface area contributed by atoms with Crippen LogP contribution in [0.1, 0.15) is 24.8 Å². The van der Waals surface area contributed by atoms with Crippen LogP contribution in [-0.4, -0.2) is 66.4 Å².